The number of nitrogens with zero attached hydrogens (tertiary/aromatic N) is 2. The second kappa shape index (κ2) is 4.45. The second-order valence-electron chi connectivity index (χ2n) is 3.72. The fourth-order valence-corrected chi connectivity index (χ4v) is 1.65. The van der Waals surface area contributed by atoms with Gasteiger partial charge in [0.15, 0.2) is 5.11 Å². The maximum atomic E-state index is 5.29. The molecule has 3 nitrogen and oxygen atoms in total. The van der Waals surface area contributed by atoms with E-state index in [9.17, 15) is 0 Å². The van der Waals surface area contributed by atoms with E-state index in [-0.39, 0.29) is 0 Å². The van der Waals surface area contributed by atoms with Crippen molar-refractivity contribution in [1.29, 1.82) is 0 Å². The molecule has 0 aliphatic rings. The molecule has 0 saturated heterocycles. The van der Waals surface area contributed by atoms with Gasteiger partial charge in [0.25, 0.3) is 0 Å². The monoisotopic (exact) mass is 231 g/mol. The molecule has 0 spiro atoms. The number of thiocarbonyl (C=S) groups is 1. The van der Waals surface area contributed by atoms with Crippen LogP contribution < -0.4 is 5.32 Å². The van der Waals surface area contributed by atoms with Crippen LogP contribution in [0.4, 0.5) is 0 Å². The summed E-state index contributed by atoms with van der Waals surface area (Å²) in [5.74, 6) is 0. The van der Waals surface area contributed by atoms with Crippen molar-refractivity contribution in [2.45, 2.75) is 6.92 Å². The SMILES string of the molecule is C=C(C)CNC(=S)n1cnc2ccccc21. The van der Waals surface area contributed by atoms with E-state index >= 15 is 0 Å². The highest BCUT2D eigenvalue weighted by Crippen LogP contribution is 2.11. The van der Waals surface area contributed by atoms with E-state index in [1.54, 1.807) is 6.33 Å². The minimum atomic E-state index is 0.650. The molecule has 0 atom stereocenters. The van der Waals surface area contributed by atoms with Crippen molar-refractivity contribution in [3.63, 3.8) is 0 Å². The molecule has 1 N–H and O–H groups in total. The van der Waals surface area contributed by atoms with E-state index in [1.807, 2.05) is 35.8 Å². The molecular weight excluding hydrogens is 218 g/mol. The van der Waals surface area contributed by atoms with Crippen molar-refractivity contribution in [3.05, 3.63) is 42.7 Å². The van der Waals surface area contributed by atoms with Crippen LogP contribution in [-0.4, -0.2) is 21.2 Å². The van der Waals surface area contributed by atoms with E-state index in [1.165, 1.54) is 0 Å². The van der Waals surface area contributed by atoms with Gasteiger partial charge in [-0.05, 0) is 31.3 Å². The maximum Gasteiger partial charge on any atom is 0.179 e. The van der Waals surface area contributed by atoms with Crippen LogP contribution in [-0.2, 0) is 0 Å². The molecule has 82 valence electrons. The van der Waals surface area contributed by atoms with Gasteiger partial charge in [0, 0.05) is 6.54 Å². The fraction of sp³-hybridized carbons (Fsp3) is 0.167. The summed E-state index contributed by atoms with van der Waals surface area (Å²) < 4.78 is 1.87. The Morgan fingerprint density at radius 3 is 3.00 bits per heavy atom. The molecule has 1 aromatic carbocycles. The van der Waals surface area contributed by atoms with Crippen LogP contribution in [0.1, 0.15) is 6.92 Å². The van der Waals surface area contributed by atoms with E-state index in [0.29, 0.717) is 11.7 Å². The Kier molecular flexibility index (Phi) is 3.01. The normalized spacial score (nSPS) is 10.3. The van der Waals surface area contributed by atoms with Crippen molar-refractivity contribution < 1.29 is 0 Å². The Labute approximate surface area is 99.8 Å². The van der Waals surface area contributed by atoms with E-state index in [4.69, 9.17) is 12.2 Å². The number of rotatable bonds is 2. The fourth-order valence-electron chi connectivity index (χ4n) is 1.43. The van der Waals surface area contributed by atoms with Crippen LogP contribution >= 0.6 is 12.2 Å². The van der Waals surface area contributed by atoms with Gasteiger partial charge in [-0.1, -0.05) is 24.3 Å². The number of benzene rings is 1. The van der Waals surface area contributed by atoms with Crippen molar-refractivity contribution >= 4 is 28.4 Å². The number of fused-ring (bicyclic) bond motifs is 1. The predicted octanol–water partition coefficient (Wildman–Crippen LogP) is 2.33. The molecule has 0 aliphatic carbocycles. The molecule has 1 aromatic heterocycles. The Balaban J connectivity index is 2.26. The van der Waals surface area contributed by atoms with Gasteiger partial charge in [-0.2, -0.15) is 0 Å². The summed E-state index contributed by atoms with van der Waals surface area (Å²) in [5.41, 5.74) is 3.01. The summed E-state index contributed by atoms with van der Waals surface area (Å²) in [6, 6.07) is 7.90. The van der Waals surface area contributed by atoms with Crippen molar-refractivity contribution in [3.8, 4) is 0 Å². The average molecular weight is 231 g/mol. The van der Waals surface area contributed by atoms with Gasteiger partial charge in [-0.25, -0.2) is 4.98 Å². The number of aromatic nitrogens is 2. The molecule has 2 rings (SSSR count). The Hall–Kier alpha value is -1.68. The molecular formula is C12H13N3S. The molecule has 0 aliphatic heterocycles. The standard InChI is InChI=1S/C12H13N3S/c1-9(2)7-13-12(16)15-8-14-10-5-3-4-6-11(10)15/h3-6,8H,1,7H2,2H3,(H,13,16). The summed E-state index contributed by atoms with van der Waals surface area (Å²) in [5, 5.41) is 3.78. The molecule has 2 aromatic rings. The van der Waals surface area contributed by atoms with Crippen LogP contribution in [0.2, 0.25) is 0 Å². The average Bonchev–Trinajstić information content (AvgIpc) is 2.69. The molecule has 0 radical (unpaired) electrons. The predicted molar refractivity (Wildman–Crippen MR) is 70.5 cm³/mol. The van der Waals surface area contributed by atoms with Crippen LogP contribution in [0.25, 0.3) is 11.0 Å². The first-order valence-electron chi connectivity index (χ1n) is 5.03. The van der Waals surface area contributed by atoms with E-state index in [2.05, 4.69) is 16.9 Å². The molecule has 0 bridgehead atoms. The van der Waals surface area contributed by atoms with Gasteiger partial charge in [0.05, 0.1) is 11.0 Å². The van der Waals surface area contributed by atoms with Gasteiger partial charge < -0.3 is 5.32 Å². The third kappa shape index (κ3) is 2.12. The van der Waals surface area contributed by atoms with Crippen molar-refractivity contribution in [1.82, 2.24) is 14.9 Å². The van der Waals surface area contributed by atoms with Crippen LogP contribution in [0.15, 0.2) is 42.7 Å². The minimum absolute atomic E-state index is 0.650. The zero-order valence-electron chi connectivity index (χ0n) is 9.10. The quantitative estimate of drug-likeness (QED) is 0.635. The Morgan fingerprint density at radius 1 is 1.50 bits per heavy atom. The van der Waals surface area contributed by atoms with Crippen LogP contribution in [0.5, 0.6) is 0 Å². The van der Waals surface area contributed by atoms with Crippen molar-refractivity contribution in [2.24, 2.45) is 0 Å². The maximum absolute atomic E-state index is 5.29. The van der Waals surface area contributed by atoms with Gasteiger partial charge in [-0.3, -0.25) is 4.57 Å². The highest BCUT2D eigenvalue weighted by Gasteiger charge is 2.04. The smallest absolute Gasteiger partial charge is 0.179 e. The third-order valence-electron chi connectivity index (χ3n) is 2.21. The van der Waals surface area contributed by atoms with Crippen molar-refractivity contribution in [2.75, 3.05) is 6.54 Å². The topological polar surface area (TPSA) is 29.9 Å². The van der Waals surface area contributed by atoms with E-state index < -0.39 is 0 Å². The lowest BCUT2D eigenvalue weighted by Crippen LogP contribution is -2.28. The largest absolute Gasteiger partial charge is 0.358 e. The number of nitrogens with one attached hydrogen (secondary N) is 1. The summed E-state index contributed by atoms with van der Waals surface area (Å²) in [6.45, 7) is 6.47. The summed E-state index contributed by atoms with van der Waals surface area (Å²) in [6.07, 6.45) is 1.73. The summed E-state index contributed by atoms with van der Waals surface area (Å²) in [4.78, 5) is 4.28. The molecule has 0 amide bonds. The van der Waals surface area contributed by atoms with Gasteiger partial charge >= 0.3 is 0 Å². The minimum Gasteiger partial charge on any atom is -0.358 e. The summed E-state index contributed by atoms with van der Waals surface area (Å²) in [7, 11) is 0. The van der Waals surface area contributed by atoms with Gasteiger partial charge in [-0.15, -0.1) is 0 Å². The number of hydrogen-bond donors (Lipinski definition) is 1. The Bertz CT molecular complexity index is 542. The number of imidazole rings is 1. The summed E-state index contributed by atoms with van der Waals surface area (Å²) >= 11 is 5.29. The molecule has 0 fully saturated rings. The zero-order chi connectivity index (χ0) is 11.5. The zero-order valence-corrected chi connectivity index (χ0v) is 9.92. The lowest BCUT2D eigenvalue weighted by molar-refractivity contribution is 0.953. The first-order valence-corrected chi connectivity index (χ1v) is 5.44. The molecule has 16 heavy (non-hydrogen) atoms. The Morgan fingerprint density at radius 2 is 2.25 bits per heavy atom. The molecule has 0 unspecified atom stereocenters. The molecule has 0 saturated carbocycles. The number of para-hydroxylation sites is 2. The van der Waals surface area contributed by atoms with Gasteiger partial charge in [0.2, 0.25) is 0 Å². The lowest BCUT2D eigenvalue weighted by atomic mass is 10.3. The third-order valence-corrected chi connectivity index (χ3v) is 2.55. The first kappa shape index (κ1) is 10.8. The second-order valence-corrected chi connectivity index (χ2v) is 4.11. The molecule has 1 heterocycles. The lowest BCUT2D eigenvalue weighted by Gasteiger charge is -2.08. The van der Waals surface area contributed by atoms with Crippen LogP contribution in [0.3, 0.4) is 0 Å². The van der Waals surface area contributed by atoms with Crippen LogP contribution in [0, 0.1) is 0 Å². The van der Waals surface area contributed by atoms with Gasteiger partial charge in [0.1, 0.15) is 6.33 Å². The van der Waals surface area contributed by atoms with E-state index in [0.717, 1.165) is 16.6 Å². The highest BCUT2D eigenvalue weighted by atomic mass is 32.1. The number of hydrogen-bond acceptors (Lipinski definition) is 2. The molecule has 4 heteroatoms. The highest BCUT2D eigenvalue weighted by molar-refractivity contribution is 7.80. The first-order chi connectivity index (χ1) is 7.68.